The number of piperazine rings is 2. The summed E-state index contributed by atoms with van der Waals surface area (Å²) in [7, 11) is 2.06. The lowest BCUT2D eigenvalue weighted by Gasteiger charge is -2.34. The Kier molecular flexibility index (Phi) is 9.21. The van der Waals surface area contributed by atoms with E-state index in [9.17, 15) is 9.59 Å². The second-order valence-electron chi connectivity index (χ2n) is 14.3. The molecule has 0 radical (unpaired) electrons. The number of halogens is 4. The topological polar surface area (TPSA) is 109 Å². The molecular formula is C36H38Cl2F2N10O2S. The second kappa shape index (κ2) is 13.6. The monoisotopic (exact) mass is 782 g/mol. The molecule has 0 spiro atoms. The zero-order valence-electron chi connectivity index (χ0n) is 28.9. The minimum atomic E-state index is -0.432. The average molecular weight is 784 g/mol. The Morgan fingerprint density at radius 3 is 1.81 bits per heavy atom. The molecule has 4 aliphatic rings. The van der Waals surface area contributed by atoms with Gasteiger partial charge in [-0.1, -0.05) is 11.3 Å². The van der Waals surface area contributed by atoms with Gasteiger partial charge in [-0.2, -0.15) is 9.61 Å². The molecule has 6 heterocycles. The summed E-state index contributed by atoms with van der Waals surface area (Å²) in [6, 6.07) is 6.77. The summed E-state index contributed by atoms with van der Waals surface area (Å²) in [5.41, 5.74) is 2.38. The lowest BCUT2D eigenvalue weighted by molar-refractivity contribution is 0.312. The van der Waals surface area contributed by atoms with E-state index in [2.05, 4.69) is 41.5 Å². The van der Waals surface area contributed by atoms with Gasteiger partial charge >= 0.3 is 0 Å². The van der Waals surface area contributed by atoms with Crippen LogP contribution in [0.4, 0.5) is 20.2 Å². The maximum Gasteiger partial charge on any atom is 0.235 e. The Hall–Kier alpha value is -4.15. The first-order valence-electron chi connectivity index (χ1n) is 17.7. The first kappa shape index (κ1) is 35.9. The van der Waals surface area contributed by atoms with Crippen LogP contribution < -0.4 is 26.0 Å². The molecule has 0 bridgehead atoms. The number of hydrogen-bond acceptors (Lipinski definition) is 10. The number of anilines is 2. The number of likely N-dealkylation sites (N-methyl/N-ethyl adjacent to an activating group) is 1. The normalized spacial score (nSPS) is 18.2. The van der Waals surface area contributed by atoms with Crippen molar-refractivity contribution >= 4 is 74.3 Å². The fraction of sp³-hybridized carbons (Fsp3) is 0.417. The van der Waals surface area contributed by atoms with Crippen LogP contribution in [0.5, 0.6) is 0 Å². The fourth-order valence-corrected chi connectivity index (χ4v) is 8.52. The molecule has 17 heteroatoms. The minimum absolute atomic E-state index is 0. The maximum absolute atomic E-state index is 15.7. The van der Waals surface area contributed by atoms with Gasteiger partial charge in [-0.25, -0.2) is 8.78 Å². The highest BCUT2D eigenvalue weighted by molar-refractivity contribution is 7.19. The van der Waals surface area contributed by atoms with Crippen LogP contribution in [0.15, 0.2) is 46.2 Å². The standard InChI is InChI=1S/C36H36F2N10O2S.2ClH/c1-43-10-12-45(13-11-43)31-17-29-23(15-27(31)38)33(50)25(19-47(29)21-4-5-21)35-42-48-34(40-41-36(48)51-35)24-18-46(20-2-3-20)28-16-30(44-8-6-39-7-9-44)26(37)14-22(28)32(24)49;;/h14-21,39H,2-13H2,1H3;2*1H. The molecule has 2 saturated heterocycles. The molecule has 0 atom stereocenters. The third kappa shape index (κ3) is 6.06. The smallest absolute Gasteiger partial charge is 0.235 e. The summed E-state index contributed by atoms with van der Waals surface area (Å²) in [5, 5.41) is 17.8. The van der Waals surface area contributed by atoms with Crippen molar-refractivity contribution in [2.45, 2.75) is 37.8 Å². The van der Waals surface area contributed by atoms with Gasteiger partial charge in [0.2, 0.25) is 10.4 Å². The Balaban J connectivity index is 0.00000200. The number of nitrogens with zero attached hydrogens (tertiary/aromatic N) is 9. The van der Waals surface area contributed by atoms with Crippen molar-refractivity contribution in [1.82, 2.24) is 39.2 Å². The average Bonchev–Trinajstić information content (AvgIpc) is 4.07. The first-order chi connectivity index (χ1) is 24.8. The van der Waals surface area contributed by atoms with E-state index < -0.39 is 11.6 Å². The Bertz CT molecular complexity index is 2510. The van der Waals surface area contributed by atoms with Crippen molar-refractivity contribution in [2.24, 2.45) is 0 Å². The zero-order chi connectivity index (χ0) is 34.5. The molecular weight excluding hydrogens is 745 g/mol. The molecule has 0 unspecified atom stereocenters. The molecule has 2 saturated carbocycles. The molecule has 2 aliphatic carbocycles. The van der Waals surface area contributed by atoms with Crippen LogP contribution in [0.2, 0.25) is 0 Å². The van der Waals surface area contributed by atoms with Crippen molar-refractivity contribution in [2.75, 3.05) is 69.2 Å². The fourth-order valence-electron chi connectivity index (χ4n) is 7.67. The third-order valence-electron chi connectivity index (χ3n) is 10.8. The minimum Gasteiger partial charge on any atom is -0.367 e. The van der Waals surface area contributed by atoms with Crippen LogP contribution in [0.3, 0.4) is 0 Å². The summed E-state index contributed by atoms with van der Waals surface area (Å²) < 4.78 is 37.0. The van der Waals surface area contributed by atoms with Crippen molar-refractivity contribution in [1.29, 1.82) is 0 Å². The van der Waals surface area contributed by atoms with Crippen molar-refractivity contribution in [3.63, 3.8) is 0 Å². The highest BCUT2D eigenvalue weighted by Gasteiger charge is 2.31. The van der Waals surface area contributed by atoms with Gasteiger partial charge in [0.05, 0.1) is 33.5 Å². The van der Waals surface area contributed by atoms with Crippen LogP contribution in [0.25, 0.3) is 48.7 Å². The molecule has 1 N–H and O–H groups in total. The summed E-state index contributed by atoms with van der Waals surface area (Å²) in [4.78, 5) is 34.9. The Morgan fingerprint density at radius 1 is 0.717 bits per heavy atom. The van der Waals surface area contributed by atoms with Gasteiger partial charge in [0.1, 0.15) is 11.6 Å². The molecule has 0 amide bonds. The molecule has 278 valence electrons. The van der Waals surface area contributed by atoms with Gasteiger partial charge in [-0.05, 0) is 57.0 Å². The van der Waals surface area contributed by atoms with Crippen LogP contribution in [0.1, 0.15) is 37.8 Å². The molecule has 10 rings (SSSR count). The van der Waals surface area contributed by atoms with Crippen LogP contribution in [0, 0.1) is 11.6 Å². The molecule has 12 nitrogen and oxygen atoms in total. The van der Waals surface area contributed by atoms with E-state index in [-0.39, 0.29) is 64.5 Å². The predicted molar refractivity (Wildman–Crippen MR) is 209 cm³/mol. The first-order valence-corrected chi connectivity index (χ1v) is 18.5. The van der Waals surface area contributed by atoms with Crippen LogP contribution >= 0.6 is 36.2 Å². The van der Waals surface area contributed by atoms with E-state index >= 15 is 8.78 Å². The number of benzene rings is 2. The van der Waals surface area contributed by atoms with Crippen molar-refractivity contribution < 1.29 is 8.78 Å². The quantitative estimate of drug-likeness (QED) is 0.247. The van der Waals surface area contributed by atoms with Crippen molar-refractivity contribution in [3.8, 4) is 22.0 Å². The third-order valence-corrected chi connectivity index (χ3v) is 11.8. The Labute approximate surface area is 318 Å². The highest BCUT2D eigenvalue weighted by Crippen LogP contribution is 2.41. The van der Waals surface area contributed by atoms with E-state index in [4.69, 9.17) is 5.10 Å². The van der Waals surface area contributed by atoms with Gasteiger partial charge in [0.15, 0.2) is 16.3 Å². The molecule has 6 aromatic rings. The molecule has 4 fully saturated rings. The van der Waals surface area contributed by atoms with Gasteiger partial charge in [0.25, 0.3) is 0 Å². The van der Waals surface area contributed by atoms with Gasteiger partial charge < -0.3 is 29.2 Å². The van der Waals surface area contributed by atoms with E-state index in [1.165, 1.54) is 28.0 Å². The number of pyridine rings is 2. The summed E-state index contributed by atoms with van der Waals surface area (Å²) in [6.45, 7) is 6.04. The molecule has 4 aromatic heterocycles. The Morgan fingerprint density at radius 2 is 1.25 bits per heavy atom. The van der Waals surface area contributed by atoms with E-state index in [0.29, 0.717) is 50.9 Å². The summed E-state index contributed by atoms with van der Waals surface area (Å²) >= 11 is 1.19. The van der Waals surface area contributed by atoms with Gasteiger partial charge in [-0.3, -0.25) is 9.59 Å². The lowest BCUT2D eigenvalue weighted by atomic mass is 10.1. The van der Waals surface area contributed by atoms with Crippen LogP contribution in [-0.2, 0) is 0 Å². The van der Waals surface area contributed by atoms with Gasteiger partial charge in [0, 0.05) is 87.6 Å². The number of nitrogens with one attached hydrogen (secondary N) is 1. The summed E-state index contributed by atoms with van der Waals surface area (Å²) in [6.07, 6.45) is 7.50. The number of hydrogen-bond donors (Lipinski definition) is 1. The molecule has 2 aromatic carbocycles. The highest BCUT2D eigenvalue weighted by atomic mass is 35.5. The van der Waals surface area contributed by atoms with E-state index in [1.807, 2.05) is 17.2 Å². The molecule has 53 heavy (non-hydrogen) atoms. The summed E-state index contributed by atoms with van der Waals surface area (Å²) in [5.74, 6) is -0.617. The maximum atomic E-state index is 15.7. The van der Waals surface area contributed by atoms with Crippen molar-refractivity contribution in [3.05, 3.63) is 68.7 Å². The SMILES string of the molecule is CN1CCN(c2cc3c(cc2F)c(=O)c(-c2nn4c(-c5cn(C6CC6)c6cc(N7CCNCC7)c(F)cc6c5=O)nnc4s2)cn3C2CC2)CC1.Cl.Cl. The zero-order valence-corrected chi connectivity index (χ0v) is 31.4. The predicted octanol–water partition coefficient (Wildman–Crippen LogP) is 5.10. The number of aromatic nitrogens is 6. The second-order valence-corrected chi connectivity index (χ2v) is 15.3. The molecule has 2 aliphatic heterocycles. The van der Waals surface area contributed by atoms with Gasteiger partial charge in [-0.15, -0.1) is 35.0 Å². The number of rotatable bonds is 6. The van der Waals surface area contributed by atoms with E-state index in [1.54, 1.807) is 12.3 Å². The van der Waals surface area contributed by atoms with E-state index in [0.717, 1.165) is 70.5 Å². The number of fused-ring (bicyclic) bond motifs is 3. The van der Waals surface area contributed by atoms with Crippen LogP contribution in [-0.4, -0.2) is 93.3 Å². The largest absolute Gasteiger partial charge is 0.367 e. The lowest BCUT2D eigenvalue weighted by Crippen LogP contribution is -2.44.